The lowest BCUT2D eigenvalue weighted by Gasteiger charge is -2.16. The summed E-state index contributed by atoms with van der Waals surface area (Å²) in [6.45, 7) is 1.49. The van der Waals surface area contributed by atoms with Crippen molar-refractivity contribution in [2.45, 2.75) is 19.3 Å². The zero-order valence-electron chi connectivity index (χ0n) is 15.7. The van der Waals surface area contributed by atoms with E-state index in [9.17, 15) is 31.1 Å². The standard InChI is InChI=1S/C18H12F6N4O2S/c1-8-3-12(9-4-10(17(19,20)21)6-11(5-9)18(22,23)24)13(7-25-8)14(29)26-15-27-28-16(30-2)31-15/h3-7H,1-2H3,(H,26,27,29). The molecular weight excluding hydrogens is 450 g/mol. The van der Waals surface area contributed by atoms with Gasteiger partial charge in [0.05, 0.1) is 23.8 Å². The summed E-state index contributed by atoms with van der Waals surface area (Å²) >= 11 is 0.878. The largest absolute Gasteiger partial charge is 0.472 e. The summed E-state index contributed by atoms with van der Waals surface area (Å²) in [6.07, 6.45) is -8.99. The van der Waals surface area contributed by atoms with E-state index in [0.29, 0.717) is 12.1 Å². The number of halogens is 6. The highest BCUT2D eigenvalue weighted by Gasteiger charge is 2.37. The number of carbonyl (C=O) groups is 1. The molecule has 0 atom stereocenters. The van der Waals surface area contributed by atoms with E-state index in [1.807, 2.05) is 0 Å². The molecule has 0 bridgehead atoms. The number of nitrogens with one attached hydrogen (secondary N) is 1. The van der Waals surface area contributed by atoms with E-state index < -0.39 is 35.0 Å². The maximum absolute atomic E-state index is 13.2. The molecule has 0 spiro atoms. The quantitative estimate of drug-likeness (QED) is 0.539. The molecular formula is C18H12F6N4O2S. The molecule has 0 fully saturated rings. The molecule has 31 heavy (non-hydrogen) atoms. The third-order valence-corrected chi connectivity index (χ3v) is 4.79. The van der Waals surface area contributed by atoms with Gasteiger partial charge >= 0.3 is 12.4 Å². The second-order valence-electron chi connectivity index (χ2n) is 6.20. The van der Waals surface area contributed by atoms with Crippen LogP contribution in [0.4, 0.5) is 31.5 Å². The van der Waals surface area contributed by atoms with Crippen molar-refractivity contribution in [3.63, 3.8) is 0 Å². The Balaban J connectivity index is 2.12. The molecule has 0 saturated heterocycles. The normalized spacial score (nSPS) is 12.0. The molecule has 2 heterocycles. The van der Waals surface area contributed by atoms with E-state index >= 15 is 0 Å². The molecule has 0 radical (unpaired) electrons. The first-order valence-electron chi connectivity index (χ1n) is 8.34. The Labute approximate surface area is 174 Å². The maximum atomic E-state index is 13.2. The highest BCUT2D eigenvalue weighted by atomic mass is 32.1. The summed E-state index contributed by atoms with van der Waals surface area (Å²) in [7, 11) is 1.33. The first kappa shape index (κ1) is 22.5. The highest BCUT2D eigenvalue weighted by Crippen LogP contribution is 2.39. The van der Waals surface area contributed by atoms with Gasteiger partial charge in [-0.15, -0.1) is 5.10 Å². The van der Waals surface area contributed by atoms with E-state index in [4.69, 9.17) is 4.74 Å². The molecule has 1 N–H and O–H groups in total. The van der Waals surface area contributed by atoms with Crippen LogP contribution in [0.25, 0.3) is 11.1 Å². The van der Waals surface area contributed by atoms with Crippen LogP contribution in [0.1, 0.15) is 27.2 Å². The zero-order valence-corrected chi connectivity index (χ0v) is 16.5. The molecule has 0 saturated carbocycles. The average Bonchev–Trinajstić information content (AvgIpc) is 3.13. The minimum atomic E-state index is -5.02. The number of alkyl halides is 6. The molecule has 2 aromatic heterocycles. The zero-order chi connectivity index (χ0) is 23.0. The summed E-state index contributed by atoms with van der Waals surface area (Å²) < 4.78 is 84.2. The summed E-state index contributed by atoms with van der Waals surface area (Å²) in [4.78, 5) is 16.6. The lowest BCUT2D eigenvalue weighted by molar-refractivity contribution is -0.143. The van der Waals surface area contributed by atoms with Gasteiger partial charge < -0.3 is 4.74 Å². The lowest BCUT2D eigenvalue weighted by Crippen LogP contribution is -2.15. The van der Waals surface area contributed by atoms with Gasteiger partial charge in [-0.25, -0.2) is 0 Å². The molecule has 0 aliphatic rings. The van der Waals surface area contributed by atoms with Crippen molar-refractivity contribution in [3.05, 3.63) is 52.8 Å². The smallest absolute Gasteiger partial charge is 0.416 e. The number of ether oxygens (including phenoxy) is 1. The van der Waals surface area contributed by atoms with E-state index in [2.05, 4.69) is 20.5 Å². The van der Waals surface area contributed by atoms with Gasteiger partial charge in [0.25, 0.3) is 11.1 Å². The van der Waals surface area contributed by atoms with Crippen LogP contribution < -0.4 is 10.1 Å². The SMILES string of the molecule is COc1nnc(NC(=O)c2cnc(C)cc2-c2cc(C(F)(F)F)cc(C(F)(F)F)c2)s1. The molecule has 1 amide bonds. The van der Waals surface area contributed by atoms with E-state index in [1.54, 1.807) is 0 Å². The van der Waals surface area contributed by atoms with Crippen LogP contribution in [0, 0.1) is 6.92 Å². The first-order chi connectivity index (χ1) is 14.4. The van der Waals surface area contributed by atoms with Crippen LogP contribution >= 0.6 is 11.3 Å². The molecule has 6 nitrogen and oxygen atoms in total. The third-order valence-electron chi connectivity index (χ3n) is 3.99. The fraction of sp³-hybridized carbons (Fsp3) is 0.222. The second-order valence-corrected chi connectivity index (χ2v) is 7.14. The maximum Gasteiger partial charge on any atom is 0.416 e. The molecule has 0 unspecified atom stereocenters. The minimum Gasteiger partial charge on any atom is -0.472 e. The van der Waals surface area contributed by atoms with Crippen LogP contribution in [0.2, 0.25) is 0 Å². The van der Waals surface area contributed by atoms with Gasteiger partial charge in [-0.1, -0.05) is 5.10 Å². The monoisotopic (exact) mass is 462 g/mol. The van der Waals surface area contributed by atoms with Crippen LogP contribution in [-0.2, 0) is 12.4 Å². The molecule has 13 heteroatoms. The fourth-order valence-corrected chi connectivity index (χ4v) is 3.15. The van der Waals surface area contributed by atoms with Crippen molar-refractivity contribution in [1.82, 2.24) is 15.2 Å². The number of amides is 1. The Morgan fingerprint density at radius 3 is 2.13 bits per heavy atom. The average molecular weight is 462 g/mol. The van der Waals surface area contributed by atoms with Gasteiger partial charge in [0.2, 0.25) is 5.13 Å². The Morgan fingerprint density at radius 2 is 1.61 bits per heavy atom. The third kappa shape index (κ3) is 5.10. The van der Waals surface area contributed by atoms with Gasteiger partial charge in [0.1, 0.15) is 0 Å². The van der Waals surface area contributed by atoms with Crippen molar-refractivity contribution < 1.29 is 35.9 Å². The van der Waals surface area contributed by atoms with Crippen LogP contribution in [0.5, 0.6) is 5.19 Å². The molecule has 3 aromatic rings. The van der Waals surface area contributed by atoms with E-state index in [0.717, 1.165) is 17.5 Å². The fourth-order valence-electron chi connectivity index (χ4n) is 2.60. The van der Waals surface area contributed by atoms with Crippen LogP contribution in [0.15, 0.2) is 30.5 Å². The van der Waals surface area contributed by atoms with Gasteiger partial charge in [-0.3, -0.25) is 15.1 Å². The topological polar surface area (TPSA) is 77.0 Å². The minimum absolute atomic E-state index is 0.0187. The van der Waals surface area contributed by atoms with Crippen molar-refractivity contribution in [1.29, 1.82) is 0 Å². The van der Waals surface area contributed by atoms with Crippen molar-refractivity contribution in [2.75, 3.05) is 12.4 Å². The Hall–Kier alpha value is -3.22. The summed E-state index contributed by atoms with van der Waals surface area (Å²) in [5.74, 6) is -0.840. The Morgan fingerprint density at radius 1 is 1.00 bits per heavy atom. The molecule has 0 aliphatic carbocycles. The van der Waals surface area contributed by atoms with Gasteiger partial charge in [0, 0.05) is 11.9 Å². The summed E-state index contributed by atoms with van der Waals surface area (Å²) in [5, 5.41) is 9.82. The number of aromatic nitrogens is 3. The van der Waals surface area contributed by atoms with Crippen LogP contribution in [-0.4, -0.2) is 28.2 Å². The van der Waals surface area contributed by atoms with Crippen LogP contribution in [0.3, 0.4) is 0 Å². The van der Waals surface area contributed by atoms with E-state index in [-0.39, 0.29) is 33.2 Å². The number of aryl methyl sites for hydroxylation is 1. The highest BCUT2D eigenvalue weighted by molar-refractivity contribution is 7.17. The predicted molar refractivity (Wildman–Crippen MR) is 98.8 cm³/mol. The predicted octanol–water partition coefficient (Wildman–Crippen LogP) is 5.21. The number of hydrogen-bond acceptors (Lipinski definition) is 6. The van der Waals surface area contributed by atoms with Crippen molar-refractivity contribution >= 4 is 22.4 Å². The lowest BCUT2D eigenvalue weighted by atomic mass is 9.95. The Kier molecular flexibility index (Phi) is 5.89. The van der Waals surface area contributed by atoms with Gasteiger partial charge in [-0.2, -0.15) is 26.3 Å². The van der Waals surface area contributed by atoms with Gasteiger partial charge in [-0.05, 0) is 53.7 Å². The molecule has 0 aliphatic heterocycles. The number of carbonyl (C=O) groups excluding carboxylic acids is 1. The van der Waals surface area contributed by atoms with Gasteiger partial charge in [0.15, 0.2) is 0 Å². The molecule has 3 rings (SSSR count). The number of benzene rings is 1. The van der Waals surface area contributed by atoms with E-state index in [1.165, 1.54) is 20.1 Å². The number of pyridine rings is 1. The van der Waals surface area contributed by atoms with Crippen molar-refractivity contribution in [2.24, 2.45) is 0 Å². The number of anilines is 1. The number of hydrogen-bond donors (Lipinski definition) is 1. The number of rotatable bonds is 4. The summed E-state index contributed by atoms with van der Waals surface area (Å²) in [6, 6.07) is 2.35. The number of methoxy groups -OCH3 is 1. The summed E-state index contributed by atoms with van der Waals surface area (Å²) in [5.41, 5.74) is -3.54. The molecule has 164 valence electrons. The second kappa shape index (κ2) is 8.13. The first-order valence-corrected chi connectivity index (χ1v) is 9.15. The molecule has 1 aromatic carbocycles. The van der Waals surface area contributed by atoms with Crippen molar-refractivity contribution in [3.8, 4) is 16.3 Å². The Bertz CT molecular complexity index is 1090. The number of nitrogens with zero attached hydrogens (tertiary/aromatic N) is 3.